The van der Waals surface area contributed by atoms with Crippen LogP contribution in [0.4, 0.5) is 0 Å². The van der Waals surface area contributed by atoms with Gasteiger partial charge < -0.3 is 0 Å². The number of hydrogen-bond donors (Lipinski definition) is 0. The van der Waals surface area contributed by atoms with E-state index in [4.69, 9.17) is 0 Å². The third-order valence-corrected chi connectivity index (χ3v) is 4.84. The van der Waals surface area contributed by atoms with Gasteiger partial charge in [-0.15, -0.1) is 0 Å². The number of carbonyl (C=O) groups excluding carboxylic acids is 2. The average Bonchev–Trinajstić information content (AvgIpc) is 2.35. The summed E-state index contributed by atoms with van der Waals surface area (Å²) in [6, 6.07) is 7.95. The molecule has 2 rings (SSSR count). The summed E-state index contributed by atoms with van der Waals surface area (Å²) in [5.74, 6) is 0. The van der Waals surface area contributed by atoms with E-state index < -0.39 is 0 Å². The fourth-order valence-corrected chi connectivity index (χ4v) is 4.35. The molecular weight excluding hydrogens is 303 g/mol. The maximum atomic E-state index is 12.6. The van der Waals surface area contributed by atoms with E-state index in [-0.39, 0.29) is 19.6 Å². The molecule has 1 radical (unpaired) electrons. The molecule has 0 amide bonds. The molecule has 3 heteroatoms. The Bertz CT molecular complexity index is 690. The van der Waals surface area contributed by atoms with Gasteiger partial charge in [0, 0.05) is 11.1 Å². The highest BCUT2D eigenvalue weighted by Crippen LogP contribution is 2.31. The Kier molecular flexibility index (Phi) is 5.16. The monoisotopic (exact) mass is 325 g/mol. The minimum atomic E-state index is -0.121. The molecule has 119 valence electrons. The van der Waals surface area contributed by atoms with Crippen LogP contribution in [0.1, 0.15) is 54.1 Å². The van der Waals surface area contributed by atoms with Gasteiger partial charge in [0.15, 0.2) is 11.0 Å². The summed E-state index contributed by atoms with van der Waals surface area (Å²) in [6.45, 7) is 11.7. The zero-order valence-corrected chi connectivity index (χ0v) is 15.5. The van der Waals surface area contributed by atoms with Gasteiger partial charge in [0.2, 0.25) is 0 Å². The van der Waals surface area contributed by atoms with E-state index in [1.165, 1.54) is 0 Å². The highest BCUT2D eigenvalue weighted by Gasteiger charge is 2.21. The summed E-state index contributed by atoms with van der Waals surface area (Å²) in [7, 11) is 0.216. The van der Waals surface area contributed by atoms with E-state index in [1.807, 2.05) is 65.8 Å². The van der Waals surface area contributed by atoms with E-state index in [9.17, 15) is 9.59 Å². The Morgan fingerprint density at radius 1 is 0.609 bits per heavy atom. The molecule has 0 heterocycles. The molecule has 0 unspecified atom stereocenters. The molecule has 2 nitrogen and oxygen atoms in total. The molecule has 0 fully saturated rings. The van der Waals surface area contributed by atoms with Crippen LogP contribution in [-0.2, 0) is 0 Å². The highest BCUT2D eigenvalue weighted by atomic mass is 31.1. The number of benzene rings is 2. The molecule has 2 aromatic carbocycles. The fraction of sp³-hybridized carbons (Fsp3) is 0.300. The van der Waals surface area contributed by atoms with Crippen molar-refractivity contribution < 1.29 is 9.59 Å². The minimum Gasteiger partial charge on any atom is -0.288 e. The lowest BCUT2D eigenvalue weighted by atomic mass is 10.0. The quantitative estimate of drug-likeness (QED) is 0.699. The van der Waals surface area contributed by atoms with Crippen LogP contribution in [0.15, 0.2) is 24.3 Å². The van der Waals surface area contributed by atoms with Crippen molar-refractivity contribution in [2.45, 2.75) is 41.5 Å². The Hall–Kier alpha value is -1.79. The number of aryl methyl sites for hydroxylation is 6. The SMILES string of the molecule is Cc1cc(C)c(C(=O)[P]C(=O)c2c(C)cc(C)cc2C)c(C)c1. The van der Waals surface area contributed by atoms with Crippen LogP contribution < -0.4 is 0 Å². The summed E-state index contributed by atoms with van der Waals surface area (Å²) in [5, 5.41) is 0. The predicted molar refractivity (Wildman–Crippen MR) is 96.9 cm³/mol. The summed E-state index contributed by atoms with van der Waals surface area (Å²) in [6.07, 6.45) is 0. The molecule has 23 heavy (non-hydrogen) atoms. The molecule has 0 saturated carbocycles. The van der Waals surface area contributed by atoms with Crippen LogP contribution >= 0.6 is 8.58 Å². The first-order valence-corrected chi connectivity index (χ1v) is 8.56. The number of hydrogen-bond acceptors (Lipinski definition) is 2. The second kappa shape index (κ2) is 6.76. The van der Waals surface area contributed by atoms with Crippen molar-refractivity contribution in [1.82, 2.24) is 0 Å². The Balaban J connectivity index is 2.33. The summed E-state index contributed by atoms with van der Waals surface area (Å²) in [5.41, 5.74) is 7.11. The van der Waals surface area contributed by atoms with Crippen LogP contribution in [0.3, 0.4) is 0 Å². The van der Waals surface area contributed by atoms with Gasteiger partial charge in [-0.05, 0) is 63.8 Å². The van der Waals surface area contributed by atoms with Crippen molar-refractivity contribution >= 4 is 19.6 Å². The molecule has 0 aromatic heterocycles. The van der Waals surface area contributed by atoms with Crippen molar-refractivity contribution in [3.05, 3.63) is 68.8 Å². The van der Waals surface area contributed by atoms with Gasteiger partial charge in [0.05, 0.1) is 8.58 Å². The lowest BCUT2D eigenvalue weighted by Gasteiger charge is -2.12. The van der Waals surface area contributed by atoms with Crippen LogP contribution in [0.25, 0.3) is 0 Å². The number of rotatable bonds is 4. The van der Waals surface area contributed by atoms with Gasteiger partial charge in [-0.2, -0.15) is 0 Å². The largest absolute Gasteiger partial charge is 0.288 e. The molecule has 0 aliphatic heterocycles. The third kappa shape index (κ3) is 3.76. The first-order chi connectivity index (χ1) is 10.7. The van der Waals surface area contributed by atoms with Crippen molar-refractivity contribution in [3.63, 3.8) is 0 Å². The van der Waals surface area contributed by atoms with Crippen molar-refractivity contribution in [3.8, 4) is 0 Å². The molecule has 2 aromatic rings. The maximum Gasteiger partial charge on any atom is 0.197 e. The van der Waals surface area contributed by atoms with Gasteiger partial charge >= 0.3 is 0 Å². The first kappa shape index (κ1) is 17.6. The van der Waals surface area contributed by atoms with Crippen LogP contribution in [0.5, 0.6) is 0 Å². The van der Waals surface area contributed by atoms with E-state index >= 15 is 0 Å². The molecule has 0 spiro atoms. The highest BCUT2D eigenvalue weighted by molar-refractivity contribution is 7.75. The van der Waals surface area contributed by atoms with E-state index in [0.29, 0.717) is 11.1 Å². The van der Waals surface area contributed by atoms with Crippen LogP contribution in [0, 0.1) is 41.5 Å². The molecule has 0 N–H and O–H groups in total. The Morgan fingerprint density at radius 2 is 0.870 bits per heavy atom. The smallest absolute Gasteiger partial charge is 0.197 e. The first-order valence-electron chi connectivity index (χ1n) is 7.66. The van der Waals surface area contributed by atoms with Crippen LogP contribution in [0.2, 0.25) is 0 Å². The second-order valence-corrected chi connectivity index (χ2v) is 7.31. The lowest BCUT2D eigenvalue weighted by molar-refractivity contribution is 0.105. The van der Waals surface area contributed by atoms with Gasteiger partial charge in [-0.1, -0.05) is 35.4 Å². The van der Waals surface area contributed by atoms with Crippen molar-refractivity contribution in [1.29, 1.82) is 0 Å². The molecule has 0 saturated heterocycles. The second-order valence-electron chi connectivity index (χ2n) is 6.27. The minimum absolute atomic E-state index is 0.121. The summed E-state index contributed by atoms with van der Waals surface area (Å²) >= 11 is 0. The normalized spacial score (nSPS) is 10.7. The summed E-state index contributed by atoms with van der Waals surface area (Å²) < 4.78 is 0. The van der Waals surface area contributed by atoms with Crippen molar-refractivity contribution in [2.75, 3.05) is 0 Å². The topological polar surface area (TPSA) is 34.1 Å². The average molecular weight is 325 g/mol. The molecular formula is C20H22O2P. The maximum absolute atomic E-state index is 12.6. The standard InChI is InChI=1S/C20H22O2P/c1-11-7-13(3)17(14(4)8-11)19(21)23-20(22)18-15(5)9-12(2)10-16(18)6/h7-10H,1-6H3. The zero-order valence-electron chi connectivity index (χ0n) is 14.6. The molecule has 0 aliphatic carbocycles. The Labute approximate surface area is 140 Å². The predicted octanol–water partition coefficient (Wildman–Crippen LogP) is 5.46. The van der Waals surface area contributed by atoms with E-state index in [1.54, 1.807) is 0 Å². The zero-order chi connectivity index (χ0) is 17.3. The van der Waals surface area contributed by atoms with Gasteiger partial charge in [0.1, 0.15) is 0 Å². The fourth-order valence-electron chi connectivity index (χ4n) is 3.24. The molecule has 0 atom stereocenters. The van der Waals surface area contributed by atoms with Gasteiger partial charge in [-0.3, -0.25) is 9.59 Å². The van der Waals surface area contributed by atoms with Crippen molar-refractivity contribution in [2.24, 2.45) is 0 Å². The third-order valence-electron chi connectivity index (χ3n) is 3.98. The number of carbonyl (C=O) groups is 2. The van der Waals surface area contributed by atoms with E-state index in [2.05, 4.69) is 0 Å². The van der Waals surface area contributed by atoms with Crippen LogP contribution in [-0.4, -0.2) is 11.0 Å². The van der Waals surface area contributed by atoms with Gasteiger partial charge in [0.25, 0.3) is 0 Å². The van der Waals surface area contributed by atoms with E-state index in [0.717, 1.165) is 33.4 Å². The van der Waals surface area contributed by atoms with Gasteiger partial charge in [-0.25, -0.2) is 0 Å². The molecule has 0 aliphatic rings. The Morgan fingerprint density at radius 3 is 1.13 bits per heavy atom. The lowest BCUT2D eigenvalue weighted by Crippen LogP contribution is -2.06. The summed E-state index contributed by atoms with van der Waals surface area (Å²) in [4.78, 5) is 25.3. The molecule has 0 bridgehead atoms.